The molecular weight excluding hydrogens is 454 g/mol. The summed E-state index contributed by atoms with van der Waals surface area (Å²) in [5, 5.41) is 0. The zero-order chi connectivity index (χ0) is 23.1. The highest BCUT2D eigenvalue weighted by atomic mass is 32.3. The minimum absolute atomic E-state index is 0.0195. The normalized spacial score (nSPS) is 14.9. The third kappa shape index (κ3) is 3.73. The van der Waals surface area contributed by atoms with Gasteiger partial charge in [0.1, 0.15) is 0 Å². The van der Waals surface area contributed by atoms with Gasteiger partial charge < -0.3 is 0 Å². The predicted octanol–water partition coefficient (Wildman–Crippen LogP) is 4.84. The predicted molar refractivity (Wildman–Crippen MR) is 129 cm³/mol. The maximum atomic E-state index is 13.3. The summed E-state index contributed by atoms with van der Waals surface area (Å²) in [6, 6.07) is 31.2. The number of hydrogen-bond acceptors (Lipinski definition) is 4. The molecule has 5 rings (SSSR count). The molecule has 1 unspecified atom stereocenters. The molecule has 0 saturated heterocycles. The van der Waals surface area contributed by atoms with Crippen LogP contribution in [-0.2, 0) is 31.1 Å². The van der Waals surface area contributed by atoms with Crippen molar-refractivity contribution >= 4 is 21.3 Å². The summed E-state index contributed by atoms with van der Waals surface area (Å²) in [7, 11) is -4.06. The standard InChI is InChI=1S/C26H21NO4S2/c1-19-15-17-21(18-16-19)33(29,30)27-32(28)31-26(20-9-3-2-4-10-20)24-13-7-5-11-22(24)23-12-6-8-14-25(23)26/h2-18,27H,1H3. The average Bonchev–Trinajstić information content (AvgIpc) is 3.10. The molecule has 0 aliphatic heterocycles. The lowest BCUT2D eigenvalue weighted by atomic mass is 9.84. The minimum Gasteiger partial charge on any atom is -0.256 e. The summed E-state index contributed by atoms with van der Waals surface area (Å²) in [5.74, 6) is 0. The van der Waals surface area contributed by atoms with Crippen LogP contribution in [0.25, 0.3) is 11.1 Å². The molecule has 0 amide bonds. The van der Waals surface area contributed by atoms with Gasteiger partial charge >= 0.3 is 0 Å². The van der Waals surface area contributed by atoms with Gasteiger partial charge in [0.2, 0.25) is 11.3 Å². The number of aryl methyl sites for hydroxylation is 1. The summed E-state index contributed by atoms with van der Waals surface area (Å²) < 4.78 is 47.4. The molecule has 0 spiro atoms. The van der Waals surface area contributed by atoms with E-state index in [1.807, 2.05) is 85.8 Å². The number of sulfonamides is 1. The Bertz CT molecular complexity index is 1400. The van der Waals surface area contributed by atoms with Crippen LogP contribution in [-0.4, -0.2) is 12.6 Å². The highest BCUT2D eigenvalue weighted by Crippen LogP contribution is 2.53. The van der Waals surface area contributed by atoms with E-state index in [2.05, 4.69) is 4.13 Å². The topological polar surface area (TPSA) is 72.5 Å². The molecule has 1 aliphatic carbocycles. The Labute approximate surface area is 195 Å². The van der Waals surface area contributed by atoms with Crippen molar-refractivity contribution in [1.29, 1.82) is 0 Å². The summed E-state index contributed by atoms with van der Waals surface area (Å²) in [4.78, 5) is 0.0195. The van der Waals surface area contributed by atoms with E-state index in [9.17, 15) is 12.6 Å². The lowest BCUT2D eigenvalue weighted by Crippen LogP contribution is -2.37. The molecule has 1 atom stereocenters. The maximum absolute atomic E-state index is 13.3. The Kier molecular flexibility index (Phi) is 5.50. The average molecular weight is 476 g/mol. The van der Waals surface area contributed by atoms with Gasteiger partial charge in [-0.2, -0.15) is 0 Å². The SMILES string of the molecule is Cc1ccc(S(=O)(=O)NS(=O)OC2(c3ccccc3)c3ccccc3-c3ccccc32)cc1. The van der Waals surface area contributed by atoms with Crippen molar-refractivity contribution in [1.82, 2.24) is 4.13 Å². The fourth-order valence-corrected chi connectivity index (χ4v) is 6.54. The van der Waals surface area contributed by atoms with Crippen LogP contribution in [0, 0.1) is 6.92 Å². The van der Waals surface area contributed by atoms with E-state index in [0.29, 0.717) is 0 Å². The molecule has 4 aromatic carbocycles. The van der Waals surface area contributed by atoms with Gasteiger partial charge in [-0.05, 0) is 35.7 Å². The van der Waals surface area contributed by atoms with Crippen molar-refractivity contribution in [3.8, 4) is 11.1 Å². The number of rotatable bonds is 6. The van der Waals surface area contributed by atoms with Gasteiger partial charge in [-0.3, -0.25) is 4.18 Å². The van der Waals surface area contributed by atoms with Crippen LogP contribution in [0.5, 0.6) is 0 Å². The fraction of sp³-hybridized carbons (Fsp3) is 0.0769. The molecule has 0 aromatic heterocycles. The Morgan fingerprint density at radius 1 is 0.727 bits per heavy atom. The molecular formula is C26H21NO4S2. The summed E-state index contributed by atoms with van der Waals surface area (Å²) >= 11 is -2.38. The van der Waals surface area contributed by atoms with Crippen molar-refractivity contribution in [2.75, 3.05) is 0 Å². The molecule has 0 radical (unpaired) electrons. The molecule has 1 aliphatic rings. The minimum atomic E-state index is -4.06. The van der Waals surface area contributed by atoms with Gasteiger partial charge in [-0.15, -0.1) is 4.13 Å². The summed E-state index contributed by atoms with van der Waals surface area (Å²) in [5.41, 5.74) is 3.96. The van der Waals surface area contributed by atoms with Crippen LogP contribution in [0.15, 0.2) is 108 Å². The van der Waals surface area contributed by atoms with E-state index in [0.717, 1.165) is 33.4 Å². The van der Waals surface area contributed by atoms with Crippen LogP contribution >= 0.6 is 0 Å². The van der Waals surface area contributed by atoms with Crippen molar-refractivity contribution in [3.05, 3.63) is 125 Å². The van der Waals surface area contributed by atoms with Crippen LogP contribution in [0.4, 0.5) is 0 Å². The zero-order valence-electron chi connectivity index (χ0n) is 17.8. The Morgan fingerprint density at radius 2 is 1.24 bits per heavy atom. The second kappa shape index (κ2) is 8.35. The molecule has 0 fully saturated rings. The molecule has 0 bridgehead atoms. The first-order valence-electron chi connectivity index (χ1n) is 10.4. The van der Waals surface area contributed by atoms with Gasteiger partial charge in [0.25, 0.3) is 10.0 Å². The summed E-state index contributed by atoms with van der Waals surface area (Å²) in [6.45, 7) is 1.86. The summed E-state index contributed by atoms with van der Waals surface area (Å²) in [6.07, 6.45) is 0. The first-order valence-corrected chi connectivity index (χ1v) is 12.9. The zero-order valence-corrected chi connectivity index (χ0v) is 19.4. The van der Waals surface area contributed by atoms with E-state index >= 15 is 0 Å². The molecule has 7 heteroatoms. The third-order valence-corrected chi connectivity index (χ3v) is 8.51. The maximum Gasteiger partial charge on any atom is 0.253 e. The molecule has 0 heterocycles. The quantitative estimate of drug-likeness (QED) is 0.433. The molecule has 166 valence electrons. The number of hydrogen-bond donors (Lipinski definition) is 1. The van der Waals surface area contributed by atoms with Crippen molar-refractivity contribution in [2.24, 2.45) is 0 Å². The van der Waals surface area contributed by atoms with E-state index in [-0.39, 0.29) is 4.90 Å². The Morgan fingerprint density at radius 3 is 1.82 bits per heavy atom. The van der Waals surface area contributed by atoms with Crippen LogP contribution < -0.4 is 4.13 Å². The third-order valence-electron chi connectivity index (χ3n) is 5.79. The molecule has 0 saturated carbocycles. The molecule has 1 N–H and O–H groups in total. The van der Waals surface area contributed by atoms with Gasteiger partial charge in [0.15, 0.2) is 5.60 Å². The monoisotopic (exact) mass is 475 g/mol. The lowest BCUT2D eigenvalue weighted by Gasteiger charge is -2.31. The second-order valence-electron chi connectivity index (χ2n) is 7.86. The van der Waals surface area contributed by atoms with Gasteiger partial charge in [-0.25, -0.2) is 12.6 Å². The van der Waals surface area contributed by atoms with Crippen LogP contribution in [0.2, 0.25) is 0 Å². The van der Waals surface area contributed by atoms with Crippen molar-refractivity contribution < 1.29 is 16.8 Å². The Hall–Kier alpha value is -3.10. The van der Waals surface area contributed by atoms with Crippen molar-refractivity contribution in [2.45, 2.75) is 17.4 Å². The smallest absolute Gasteiger partial charge is 0.253 e. The first kappa shape index (κ1) is 21.7. The van der Waals surface area contributed by atoms with Gasteiger partial charge in [-0.1, -0.05) is 96.6 Å². The number of benzene rings is 4. The van der Waals surface area contributed by atoms with Crippen LogP contribution in [0.1, 0.15) is 22.3 Å². The molecule has 5 nitrogen and oxygen atoms in total. The van der Waals surface area contributed by atoms with E-state index < -0.39 is 26.9 Å². The largest absolute Gasteiger partial charge is 0.256 e. The van der Waals surface area contributed by atoms with Gasteiger partial charge in [0, 0.05) is 11.1 Å². The van der Waals surface area contributed by atoms with Gasteiger partial charge in [0.05, 0.1) is 4.90 Å². The number of nitrogens with one attached hydrogen (secondary N) is 1. The first-order chi connectivity index (χ1) is 15.9. The van der Waals surface area contributed by atoms with Crippen molar-refractivity contribution in [3.63, 3.8) is 0 Å². The molecule has 33 heavy (non-hydrogen) atoms. The Balaban J connectivity index is 1.61. The fourth-order valence-electron chi connectivity index (χ4n) is 4.30. The number of fused-ring (bicyclic) bond motifs is 3. The highest BCUT2D eigenvalue weighted by molar-refractivity contribution is 8.00. The highest BCUT2D eigenvalue weighted by Gasteiger charge is 2.48. The lowest BCUT2D eigenvalue weighted by molar-refractivity contribution is 0.183. The van der Waals surface area contributed by atoms with E-state index in [1.54, 1.807) is 12.1 Å². The second-order valence-corrected chi connectivity index (χ2v) is 10.6. The van der Waals surface area contributed by atoms with E-state index in [4.69, 9.17) is 4.18 Å². The van der Waals surface area contributed by atoms with E-state index in [1.165, 1.54) is 12.1 Å². The molecule has 4 aromatic rings. The van der Waals surface area contributed by atoms with Crippen LogP contribution in [0.3, 0.4) is 0 Å².